The first-order valence-electron chi connectivity index (χ1n) is 9.13. The fourth-order valence-corrected chi connectivity index (χ4v) is 5.88. The van der Waals surface area contributed by atoms with E-state index in [1.165, 1.54) is 0 Å². The Kier molecular flexibility index (Phi) is 8.72. The number of hydrogen-bond acceptors (Lipinski definition) is 2. The number of phenols is 2. The molecule has 2 aromatic rings. The lowest BCUT2D eigenvalue weighted by Crippen LogP contribution is -2.28. The summed E-state index contributed by atoms with van der Waals surface area (Å²) >= 11 is 14.0. The minimum Gasteiger partial charge on any atom is -0.506 e. The Bertz CT molecular complexity index is 691. The summed E-state index contributed by atoms with van der Waals surface area (Å²) in [6.45, 7) is 4.41. The van der Waals surface area contributed by atoms with Crippen molar-refractivity contribution in [2.75, 3.05) is 0 Å². The summed E-state index contributed by atoms with van der Waals surface area (Å²) in [6.07, 6.45) is 6.39. The molecule has 0 bridgehead atoms. The average Bonchev–Trinajstić information content (AvgIpc) is 2.64. The van der Waals surface area contributed by atoms with E-state index in [-0.39, 0.29) is 16.9 Å². The maximum atomic E-state index is 10.2. The highest BCUT2D eigenvalue weighted by molar-refractivity contribution is 9.11. The molecule has 0 aliphatic rings. The zero-order valence-corrected chi connectivity index (χ0v) is 21.8. The molecule has 0 amide bonds. The molecule has 0 spiro atoms. The van der Waals surface area contributed by atoms with Crippen LogP contribution in [0, 0.1) is 0 Å². The smallest absolute Gasteiger partial charge is 0.143 e. The van der Waals surface area contributed by atoms with Crippen molar-refractivity contribution in [3.63, 3.8) is 0 Å². The normalized spacial score (nSPS) is 11.8. The molecule has 0 aliphatic carbocycles. The molecule has 148 valence electrons. The van der Waals surface area contributed by atoms with Crippen molar-refractivity contribution in [2.45, 2.75) is 57.8 Å². The molecule has 0 aliphatic heterocycles. The van der Waals surface area contributed by atoms with Gasteiger partial charge in [0.05, 0.1) is 17.9 Å². The van der Waals surface area contributed by atoms with Crippen molar-refractivity contribution in [3.8, 4) is 11.5 Å². The van der Waals surface area contributed by atoms with Crippen molar-refractivity contribution < 1.29 is 10.2 Å². The summed E-state index contributed by atoms with van der Waals surface area (Å²) in [5.41, 5.74) is 2.11. The number of aromatic hydroxyl groups is 2. The van der Waals surface area contributed by atoms with E-state index in [4.69, 9.17) is 0 Å². The zero-order chi connectivity index (χ0) is 20.2. The summed E-state index contributed by atoms with van der Waals surface area (Å²) in [4.78, 5) is 0. The number of phenolic OH excluding ortho intramolecular Hbond substituents is 2. The maximum Gasteiger partial charge on any atom is 0.143 e. The lowest BCUT2D eigenvalue weighted by molar-refractivity contribution is 0.402. The minimum atomic E-state index is -0.205. The Morgan fingerprint density at radius 1 is 0.667 bits per heavy atom. The monoisotopic (exact) mass is 624 g/mol. The summed E-state index contributed by atoms with van der Waals surface area (Å²) in [7, 11) is 0. The number of hydrogen-bond donors (Lipinski definition) is 2. The second-order valence-electron chi connectivity index (χ2n) is 6.87. The zero-order valence-electron chi connectivity index (χ0n) is 15.5. The van der Waals surface area contributed by atoms with Crippen LogP contribution in [0.25, 0.3) is 0 Å². The Balaban J connectivity index is 2.76. The highest BCUT2D eigenvalue weighted by Crippen LogP contribution is 2.48. The summed E-state index contributed by atoms with van der Waals surface area (Å²) in [5.74, 6) is 0.429. The molecule has 2 N–H and O–H groups in total. The lowest BCUT2D eigenvalue weighted by atomic mass is 9.68. The van der Waals surface area contributed by atoms with E-state index in [1.807, 2.05) is 24.3 Å². The van der Waals surface area contributed by atoms with Gasteiger partial charge >= 0.3 is 0 Å². The van der Waals surface area contributed by atoms with Crippen LogP contribution in [0.5, 0.6) is 11.5 Å². The number of unbranched alkanes of at least 4 members (excludes halogenated alkanes) is 2. The summed E-state index contributed by atoms with van der Waals surface area (Å²) in [6, 6.07) is 8.11. The van der Waals surface area contributed by atoms with Crippen LogP contribution in [0.3, 0.4) is 0 Å². The molecule has 0 unspecified atom stereocenters. The van der Waals surface area contributed by atoms with E-state index in [0.717, 1.165) is 49.7 Å². The SMILES string of the molecule is CCCCC(CCCC)(c1cc(Br)c(O)c(Br)c1)c1cc(Br)c(O)c(Br)c1. The molecular weight excluding hydrogens is 604 g/mol. The fraction of sp³-hybridized carbons (Fsp3) is 0.429. The molecular formula is C21H24Br4O2. The van der Waals surface area contributed by atoms with E-state index in [1.54, 1.807) is 0 Å². The van der Waals surface area contributed by atoms with Gasteiger partial charge in [-0.1, -0.05) is 39.5 Å². The van der Waals surface area contributed by atoms with Gasteiger partial charge in [-0.2, -0.15) is 0 Å². The van der Waals surface area contributed by atoms with E-state index < -0.39 is 0 Å². The molecule has 0 heterocycles. The molecule has 2 nitrogen and oxygen atoms in total. The van der Waals surface area contributed by atoms with Crippen LogP contribution in [-0.4, -0.2) is 10.2 Å². The topological polar surface area (TPSA) is 40.5 Å². The van der Waals surface area contributed by atoms with Gasteiger partial charge in [-0.25, -0.2) is 0 Å². The second kappa shape index (κ2) is 10.1. The Morgan fingerprint density at radius 3 is 1.22 bits per heavy atom. The van der Waals surface area contributed by atoms with Crippen LogP contribution in [-0.2, 0) is 5.41 Å². The average molecular weight is 628 g/mol. The Morgan fingerprint density at radius 2 is 0.963 bits per heavy atom. The minimum absolute atomic E-state index is 0.205. The molecule has 0 atom stereocenters. The van der Waals surface area contributed by atoms with Crippen LogP contribution in [0.1, 0.15) is 63.5 Å². The first kappa shape index (κ1) is 23.2. The van der Waals surface area contributed by atoms with Gasteiger partial charge in [0.1, 0.15) is 11.5 Å². The van der Waals surface area contributed by atoms with Crippen LogP contribution in [0.4, 0.5) is 0 Å². The second-order valence-corrected chi connectivity index (χ2v) is 10.3. The molecule has 27 heavy (non-hydrogen) atoms. The van der Waals surface area contributed by atoms with Crippen LogP contribution in [0.15, 0.2) is 42.2 Å². The molecule has 0 saturated carbocycles. The predicted molar refractivity (Wildman–Crippen MR) is 127 cm³/mol. The fourth-order valence-electron chi connectivity index (χ4n) is 3.51. The highest BCUT2D eigenvalue weighted by atomic mass is 79.9. The van der Waals surface area contributed by atoms with Crippen molar-refractivity contribution in [1.29, 1.82) is 0 Å². The van der Waals surface area contributed by atoms with E-state index in [2.05, 4.69) is 77.6 Å². The Hall–Kier alpha value is -0.0400. The Labute approximate surface area is 195 Å². The van der Waals surface area contributed by atoms with Gasteiger partial charge in [-0.05, 0) is 112 Å². The van der Waals surface area contributed by atoms with Gasteiger partial charge in [-0.3, -0.25) is 0 Å². The van der Waals surface area contributed by atoms with Crippen molar-refractivity contribution in [2.24, 2.45) is 0 Å². The third-order valence-corrected chi connectivity index (χ3v) is 7.47. The number of rotatable bonds is 8. The van der Waals surface area contributed by atoms with Crippen molar-refractivity contribution in [3.05, 3.63) is 53.3 Å². The van der Waals surface area contributed by atoms with Gasteiger partial charge in [0.25, 0.3) is 0 Å². The molecule has 0 saturated heterocycles. The van der Waals surface area contributed by atoms with Crippen LogP contribution in [0.2, 0.25) is 0 Å². The molecule has 2 aromatic carbocycles. The van der Waals surface area contributed by atoms with E-state index in [0.29, 0.717) is 17.9 Å². The van der Waals surface area contributed by atoms with Gasteiger partial charge < -0.3 is 10.2 Å². The third kappa shape index (κ3) is 5.12. The number of benzene rings is 2. The molecule has 0 fully saturated rings. The molecule has 0 aromatic heterocycles. The summed E-state index contributed by atoms with van der Waals surface area (Å²) < 4.78 is 2.73. The van der Waals surface area contributed by atoms with E-state index >= 15 is 0 Å². The molecule has 6 heteroatoms. The first-order chi connectivity index (χ1) is 12.8. The third-order valence-electron chi connectivity index (χ3n) is 5.05. The van der Waals surface area contributed by atoms with Gasteiger partial charge in [-0.15, -0.1) is 0 Å². The first-order valence-corrected chi connectivity index (χ1v) is 12.3. The van der Waals surface area contributed by atoms with Gasteiger partial charge in [0, 0.05) is 5.41 Å². The highest BCUT2D eigenvalue weighted by Gasteiger charge is 2.35. The van der Waals surface area contributed by atoms with Gasteiger partial charge in [0.2, 0.25) is 0 Å². The quantitative estimate of drug-likeness (QED) is 0.307. The van der Waals surface area contributed by atoms with E-state index in [9.17, 15) is 10.2 Å². The number of halogens is 4. The standard InChI is InChI=1S/C21H24Br4O2/c1-3-5-7-21(8-6-4-2,13-9-15(22)19(26)16(23)10-13)14-11-17(24)20(27)18(25)12-14/h9-12,26-27H,3-8H2,1-2H3. The maximum absolute atomic E-state index is 10.2. The molecule has 0 radical (unpaired) electrons. The van der Waals surface area contributed by atoms with Crippen LogP contribution >= 0.6 is 63.7 Å². The van der Waals surface area contributed by atoms with Gasteiger partial charge in [0.15, 0.2) is 0 Å². The van der Waals surface area contributed by atoms with Crippen LogP contribution < -0.4 is 0 Å². The predicted octanol–water partition coefficient (Wildman–Crippen LogP) is 8.81. The molecule has 2 rings (SSSR count). The summed E-state index contributed by atoms with van der Waals surface area (Å²) in [5, 5.41) is 20.4. The van der Waals surface area contributed by atoms with Crippen molar-refractivity contribution in [1.82, 2.24) is 0 Å². The lowest BCUT2D eigenvalue weighted by Gasteiger charge is -2.36. The largest absolute Gasteiger partial charge is 0.506 e. The van der Waals surface area contributed by atoms with Crippen molar-refractivity contribution >= 4 is 63.7 Å².